The molecule has 1 aromatic carbocycles. The second-order valence-corrected chi connectivity index (χ2v) is 6.07. The van der Waals surface area contributed by atoms with Gasteiger partial charge in [-0.1, -0.05) is 11.6 Å². The summed E-state index contributed by atoms with van der Waals surface area (Å²) in [5.41, 5.74) is 0.691. The number of hydrogen-bond acceptors (Lipinski definition) is 3. The highest BCUT2D eigenvalue weighted by molar-refractivity contribution is 7.89. The fraction of sp³-hybridized carbons (Fsp3) is 0.182. The van der Waals surface area contributed by atoms with Crippen LogP contribution in [0.1, 0.15) is 18.5 Å². The number of hydrogen-bond donors (Lipinski definition) is 2. The monoisotopic (exact) mass is 303 g/mol. The summed E-state index contributed by atoms with van der Waals surface area (Å²) < 4.78 is 39.6. The summed E-state index contributed by atoms with van der Waals surface area (Å²) >= 11 is 5.57. The van der Waals surface area contributed by atoms with E-state index in [1.807, 2.05) is 0 Å². The molecule has 0 bridgehead atoms. The lowest BCUT2D eigenvalue weighted by Gasteiger charge is -2.12. The molecule has 0 saturated heterocycles. The van der Waals surface area contributed by atoms with Crippen LogP contribution < -0.4 is 4.72 Å². The van der Waals surface area contributed by atoms with Crippen molar-refractivity contribution in [3.63, 3.8) is 0 Å². The Bertz CT molecular complexity index is 673. The van der Waals surface area contributed by atoms with Crippen LogP contribution in [-0.4, -0.2) is 18.6 Å². The summed E-state index contributed by atoms with van der Waals surface area (Å²) in [5, 5.41) is 6.10. The zero-order chi connectivity index (χ0) is 14.0. The number of halogens is 2. The molecule has 0 aliphatic carbocycles. The van der Waals surface area contributed by atoms with Gasteiger partial charge in [-0.25, -0.2) is 17.5 Å². The van der Waals surface area contributed by atoms with Crippen LogP contribution in [0, 0.1) is 5.82 Å². The van der Waals surface area contributed by atoms with Gasteiger partial charge in [0.15, 0.2) is 0 Å². The molecule has 0 aliphatic heterocycles. The first-order valence-corrected chi connectivity index (χ1v) is 7.22. The van der Waals surface area contributed by atoms with Crippen molar-refractivity contribution in [3.8, 4) is 0 Å². The van der Waals surface area contributed by atoms with Gasteiger partial charge < -0.3 is 0 Å². The average Bonchev–Trinajstić information content (AvgIpc) is 2.85. The van der Waals surface area contributed by atoms with Crippen molar-refractivity contribution in [2.75, 3.05) is 0 Å². The number of rotatable bonds is 4. The van der Waals surface area contributed by atoms with E-state index < -0.39 is 21.9 Å². The van der Waals surface area contributed by atoms with Crippen LogP contribution in [0.2, 0.25) is 5.02 Å². The van der Waals surface area contributed by atoms with Gasteiger partial charge in [0, 0.05) is 17.8 Å². The van der Waals surface area contributed by atoms with Gasteiger partial charge in [-0.3, -0.25) is 5.10 Å². The standard InChI is InChI=1S/C11H11ClFN3O2S/c1-7(8-5-14-15-6-8)16-19(17,18)9-2-3-11(13)10(12)4-9/h2-7,16H,1H3,(H,14,15). The second-order valence-electron chi connectivity index (χ2n) is 3.95. The van der Waals surface area contributed by atoms with E-state index in [9.17, 15) is 12.8 Å². The molecule has 0 amide bonds. The van der Waals surface area contributed by atoms with Gasteiger partial charge >= 0.3 is 0 Å². The molecule has 8 heteroatoms. The fourth-order valence-electron chi connectivity index (χ4n) is 1.51. The first-order chi connectivity index (χ1) is 8.90. The lowest BCUT2D eigenvalue weighted by Crippen LogP contribution is -2.26. The Morgan fingerprint density at radius 1 is 1.47 bits per heavy atom. The molecule has 0 fully saturated rings. The normalized spacial score (nSPS) is 13.4. The quantitative estimate of drug-likeness (QED) is 0.909. The smallest absolute Gasteiger partial charge is 0.241 e. The summed E-state index contributed by atoms with van der Waals surface area (Å²) in [6.07, 6.45) is 3.11. The van der Waals surface area contributed by atoms with Crippen LogP contribution in [0.3, 0.4) is 0 Å². The van der Waals surface area contributed by atoms with Crippen molar-refractivity contribution in [3.05, 3.63) is 47.0 Å². The molecule has 1 heterocycles. The van der Waals surface area contributed by atoms with Gasteiger partial charge in [0.25, 0.3) is 0 Å². The summed E-state index contributed by atoms with van der Waals surface area (Å²) in [6.45, 7) is 1.67. The molecule has 2 aromatic rings. The Balaban J connectivity index is 2.25. The second kappa shape index (κ2) is 5.28. The summed E-state index contributed by atoms with van der Waals surface area (Å²) in [5.74, 6) is -0.663. The predicted molar refractivity (Wildman–Crippen MR) is 68.7 cm³/mol. The third kappa shape index (κ3) is 3.12. The number of sulfonamides is 1. The van der Waals surface area contributed by atoms with Gasteiger partial charge in [-0.15, -0.1) is 0 Å². The van der Waals surface area contributed by atoms with Gasteiger partial charge in [0.1, 0.15) is 5.82 Å². The highest BCUT2D eigenvalue weighted by Crippen LogP contribution is 2.21. The average molecular weight is 304 g/mol. The summed E-state index contributed by atoms with van der Waals surface area (Å²) in [4.78, 5) is -0.0887. The van der Waals surface area contributed by atoms with Gasteiger partial charge in [-0.2, -0.15) is 5.10 Å². The first-order valence-electron chi connectivity index (χ1n) is 5.36. The van der Waals surface area contributed by atoms with Crippen LogP contribution in [-0.2, 0) is 10.0 Å². The van der Waals surface area contributed by atoms with Crippen LogP contribution in [0.25, 0.3) is 0 Å². The van der Waals surface area contributed by atoms with Crippen molar-refractivity contribution in [2.24, 2.45) is 0 Å². The van der Waals surface area contributed by atoms with E-state index in [4.69, 9.17) is 11.6 Å². The minimum atomic E-state index is -3.77. The Morgan fingerprint density at radius 3 is 2.79 bits per heavy atom. The molecule has 0 radical (unpaired) electrons. The Kier molecular flexibility index (Phi) is 3.88. The van der Waals surface area contributed by atoms with E-state index in [1.54, 1.807) is 13.1 Å². The zero-order valence-corrected chi connectivity index (χ0v) is 11.5. The Hall–Kier alpha value is -1.44. The van der Waals surface area contributed by atoms with E-state index in [0.29, 0.717) is 5.56 Å². The maximum absolute atomic E-state index is 13.0. The number of benzene rings is 1. The molecular weight excluding hydrogens is 293 g/mol. The molecule has 2 N–H and O–H groups in total. The minimum Gasteiger partial charge on any atom is -0.285 e. The lowest BCUT2D eigenvalue weighted by atomic mass is 10.2. The van der Waals surface area contributed by atoms with Crippen molar-refractivity contribution in [1.29, 1.82) is 0 Å². The lowest BCUT2D eigenvalue weighted by molar-refractivity contribution is 0.566. The molecule has 0 spiro atoms. The van der Waals surface area contributed by atoms with Crippen LogP contribution >= 0.6 is 11.6 Å². The third-order valence-electron chi connectivity index (χ3n) is 2.55. The molecule has 5 nitrogen and oxygen atoms in total. The van der Waals surface area contributed by atoms with Crippen molar-refractivity contribution in [1.82, 2.24) is 14.9 Å². The maximum Gasteiger partial charge on any atom is 0.241 e. The first kappa shape index (κ1) is 14.0. The van der Waals surface area contributed by atoms with Crippen molar-refractivity contribution in [2.45, 2.75) is 17.9 Å². The van der Waals surface area contributed by atoms with Gasteiger partial charge in [-0.05, 0) is 25.1 Å². The molecule has 1 atom stereocenters. The van der Waals surface area contributed by atoms with Gasteiger partial charge in [0.2, 0.25) is 10.0 Å². The molecular formula is C11H11ClFN3O2S. The van der Waals surface area contributed by atoms with Crippen molar-refractivity contribution >= 4 is 21.6 Å². The fourth-order valence-corrected chi connectivity index (χ4v) is 3.01. The summed E-state index contributed by atoms with van der Waals surface area (Å²) in [6, 6.07) is 2.78. The van der Waals surface area contributed by atoms with E-state index in [0.717, 1.165) is 18.2 Å². The molecule has 2 rings (SSSR count). The maximum atomic E-state index is 13.0. The van der Waals surface area contributed by atoms with E-state index in [-0.39, 0.29) is 9.92 Å². The van der Waals surface area contributed by atoms with Crippen LogP contribution in [0.4, 0.5) is 4.39 Å². The largest absolute Gasteiger partial charge is 0.285 e. The number of nitrogens with zero attached hydrogens (tertiary/aromatic N) is 1. The minimum absolute atomic E-state index is 0.0887. The van der Waals surface area contributed by atoms with Crippen molar-refractivity contribution < 1.29 is 12.8 Å². The van der Waals surface area contributed by atoms with Crippen LogP contribution in [0.5, 0.6) is 0 Å². The molecule has 0 saturated carbocycles. The number of aromatic nitrogens is 2. The predicted octanol–water partition coefficient (Wildman–Crippen LogP) is 2.24. The molecule has 0 aliphatic rings. The molecule has 1 aromatic heterocycles. The molecule has 1 unspecified atom stereocenters. The van der Waals surface area contributed by atoms with Crippen LogP contribution in [0.15, 0.2) is 35.5 Å². The highest BCUT2D eigenvalue weighted by atomic mass is 35.5. The summed E-state index contributed by atoms with van der Waals surface area (Å²) in [7, 11) is -3.77. The number of H-pyrrole nitrogens is 1. The molecule has 19 heavy (non-hydrogen) atoms. The zero-order valence-electron chi connectivity index (χ0n) is 9.89. The highest BCUT2D eigenvalue weighted by Gasteiger charge is 2.19. The van der Waals surface area contributed by atoms with E-state index in [1.165, 1.54) is 6.20 Å². The van der Waals surface area contributed by atoms with E-state index in [2.05, 4.69) is 14.9 Å². The topological polar surface area (TPSA) is 74.8 Å². The number of aromatic amines is 1. The molecule has 102 valence electrons. The third-order valence-corrected chi connectivity index (χ3v) is 4.38. The SMILES string of the molecule is CC(NS(=O)(=O)c1ccc(F)c(Cl)c1)c1cn[nH]c1. The Morgan fingerprint density at radius 2 is 2.21 bits per heavy atom. The van der Waals surface area contributed by atoms with Gasteiger partial charge in [0.05, 0.1) is 16.1 Å². The van der Waals surface area contributed by atoms with E-state index >= 15 is 0 Å². The number of nitrogens with one attached hydrogen (secondary N) is 2. The Labute approximate surface area is 114 Å².